The van der Waals surface area contributed by atoms with Crippen LogP contribution in [0.3, 0.4) is 0 Å². The van der Waals surface area contributed by atoms with E-state index in [2.05, 4.69) is 32.1 Å². The Morgan fingerprint density at radius 2 is 1.88 bits per heavy atom. The Morgan fingerprint density at radius 3 is 2.25 bits per heavy atom. The molecule has 0 heterocycles. The molecule has 0 saturated heterocycles. The van der Waals surface area contributed by atoms with Crippen LogP contribution in [0.2, 0.25) is 0 Å². The van der Waals surface area contributed by atoms with Gasteiger partial charge < -0.3 is 9.47 Å². The molecule has 0 fully saturated rings. The number of hydrogen-bond acceptors (Lipinski definition) is 3. The van der Waals surface area contributed by atoms with Gasteiger partial charge >= 0.3 is 5.97 Å². The summed E-state index contributed by atoms with van der Waals surface area (Å²) in [5.41, 5.74) is 0. The summed E-state index contributed by atoms with van der Waals surface area (Å²) in [5.74, 6) is -0.341. The first-order valence-electron chi connectivity index (χ1n) is 5.99. The first-order chi connectivity index (χ1) is 7.58. The largest absolute Gasteiger partial charge is 0.463 e. The van der Waals surface area contributed by atoms with Crippen molar-refractivity contribution in [3.63, 3.8) is 0 Å². The Bertz CT molecular complexity index is 165. The normalized spacial score (nSPS) is 9.31. The van der Waals surface area contributed by atoms with Gasteiger partial charge in [-0.25, -0.2) is 4.79 Å². The minimum Gasteiger partial charge on any atom is -0.463 e. The van der Waals surface area contributed by atoms with Crippen molar-refractivity contribution in [2.75, 3.05) is 13.2 Å². The van der Waals surface area contributed by atoms with E-state index in [0.29, 0.717) is 12.7 Å². The first-order valence-corrected chi connectivity index (χ1v) is 5.99. The third kappa shape index (κ3) is 18.9. The van der Waals surface area contributed by atoms with E-state index in [4.69, 9.17) is 4.74 Å². The fraction of sp³-hybridized carbons (Fsp3) is 0.769. The van der Waals surface area contributed by atoms with Crippen molar-refractivity contribution < 1.29 is 14.3 Å². The molecule has 0 bridgehead atoms. The number of ether oxygens (including phenoxy) is 2. The van der Waals surface area contributed by atoms with Gasteiger partial charge in [0.1, 0.15) is 0 Å². The van der Waals surface area contributed by atoms with Crippen LogP contribution >= 0.6 is 0 Å². The summed E-state index contributed by atoms with van der Waals surface area (Å²) in [7, 11) is 0. The van der Waals surface area contributed by atoms with Crippen molar-refractivity contribution in [2.24, 2.45) is 0 Å². The van der Waals surface area contributed by atoms with Crippen molar-refractivity contribution >= 4 is 5.97 Å². The van der Waals surface area contributed by atoms with Crippen molar-refractivity contribution in [3.8, 4) is 0 Å². The standard InChI is InChI=1S/C7H16O.C6H10O2/c1-4-5-6-8-7(2)3;1-3-5-8-6(7)4-2/h7H,4-6H2,1-3H3;4H,2-3,5H2,1H3. The average Bonchev–Trinajstić information content (AvgIpc) is 2.26. The molecule has 96 valence electrons. The monoisotopic (exact) mass is 230 g/mol. The Balaban J connectivity index is 0. The summed E-state index contributed by atoms with van der Waals surface area (Å²) in [6, 6.07) is 0. The second-order valence-electron chi connectivity index (χ2n) is 3.64. The maximum Gasteiger partial charge on any atom is 0.330 e. The average molecular weight is 230 g/mol. The lowest BCUT2D eigenvalue weighted by molar-refractivity contribution is -0.137. The number of esters is 1. The fourth-order valence-corrected chi connectivity index (χ4v) is 0.725. The molecule has 0 aliphatic rings. The van der Waals surface area contributed by atoms with Gasteiger partial charge in [0.25, 0.3) is 0 Å². The summed E-state index contributed by atoms with van der Waals surface area (Å²) in [5, 5.41) is 0. The smallest absolute Gasteiger partial charge is 0.330 e. The lowest BCUT2D eigenvalue weighted by Crippen LogP contribution is -2.02. The molecule has 0 N–H and O–H groups in total. The van der Waals surface area contributed by atoms with E-state index < -0.39 is 0 Å². The molecule has 0 rings (SSSR count). The highest BCUT2D eigenvalue weighted by Gasteiger charge is 1.89. The Labute approximate surface area is 99.8 Å². The first kappa shape index (κ1) is 17.6. The predicted octanol–water partition coefficient (Wildman–Crippen LogP) is 3.34. The van der Waals surface area contributed by atoms with Gasteiger partial charge in [0.15, 0.2) is 0 Å². The molecule has 3 nitrogen and oxygen atoms in total. The van der Waals surface area contributed by atoms with Crippen molar-refractivity contribution in [1.82, 2.24) is 0 Å². The highest BCUT2D eigenvalue weighted by Crippen LogP contribution is 1.92. The van der Waals surface area contributed by atoms with Gasteiger partial charge in [-0.2, -0.15) is 0 Å². The minimum atomic E-state index is -0.341. The second-order valence-corrected chi connectivity index (χ2v) is 3.64. The van der Waals surface area contributed by atoms with E-state index in [9.17, 15) is 4.79 Å². The molecule has 0 radical (unpaired) electrons. The van der Waals surface area contributed by atoms with Crippen molar-refractivity contribution in [1.29, 1.82) is 0 Å². The van der Waals surface area contributed by atoms with Gasteiger partial charge in [0.2, 0.25) is 0 Å². The molecule has 0 aromatic carbocycles. The molecular formula is C13H26O3. The van der Waals surface area contributed by atoms with E-state index in [-0.39, 0.29) is 5.97 Å². The van der Waals surface area contributed by atoms with Crippen molar-refractivity contribution in [3.05, 3.63) is 12.7 Å². The number of rotatable bonds is 7. The van der Waals surface area contributed by atoms with Crippen LogP contribution in [0, 0.1) is 0 Å². The lowest BCUT2D eigenvalue weighted by Gasteiger charge is -2.04. The highest BCUT2D eigenvalue weighted by molar-refractivity contribution is 5.81. The van der Waals surface area contributed by atoms with Gasteiger partial charge in [-0.15, -0.1) is 0 Å². The molecular weight excluding hydrogens is 204 g/mol. The SMILES string of the molecule is C=CC(=O)OCCC.CCCCOC(C)C. The third-order valence-electron chi connectivity index (χ3n) is 1.56. The zero-order valence-electron chi connectivity index (χ0n) is 11.1. The molecule has 0 aromatic heterocycles. The maximum absolute atomic E-state index is 10.2. The molecule has 0 amide bonds. The Hall–Kier alpha value is -0.830. The lowest BCUT2D eigenvalue weighted by atomic mass is 10.3. The number of hydrogen-bond donors (Lipinski definition) is 0. The third-order valence-corrected chi connectivity index (χ3v) is 1.56. The van der Waals surface area contributed by atoms with Crippen LogP contribution in [-0.2, 0) is 14.3 Å². The van der Waals surface area contributed by atoms with E-state index in [0.717, 1.165) is 19.1 Å². The van der Waals surface area contributed by atoms with Crippen LogP contribution in [0.5, 0.6) is 0 Å². The van der Waals surface area contributed by atoms with Gasteiger partial charge in [-0.1, -0.05) is 26.8 Å². The van der Waals surface area contributed by atoms with Crippen LogP contribution in [0.25, 0.3) is 0 Å². The van der Waals surface area contributed by atoms with E-state index in [1.807, 2.05) is 6.92 Å². The summed E-state index contributed by atoms with van der Waals surface area (Å²) < 4.78 is 9.87. The highest BCUT2D eigenvalue weighted by atomic mass is 16.5. The zero-order chi connectivity index (χ0) is 12.8. The van der Waals surface area contributed by atoms with Crippen molar-refractivity contribution in [2.45, 2.75) is 53.1 Å². The summed E-state index contributed by atoms with van der Waals surface area (Å²) in [4.78, 5) is 10.2. The quantitative estimate of drug-likeness (QED) is 0.382. The Morgan fingerprint density at radius 1 is 1.25 bits per heavy atom. The van der Waals surface area contributed by atoms with Gasteiger partial charge in [-0.05, 0) is 26.7 Å². The second kappa shape index (κ2) is 14.2. The summed E-state index contributed by atoms with van der Waals surface area (Å²) in [6.45, 7) is 12.9. The predicted molar refractivity (Wildman–Crippen MR) is 67.4 cm³/mol. The molecule has 0 unspecified atom stereocenters. The van der Waals surface area contributed by atoms with Crippen LogP contribution in [0.1, 0.15) is 47.0 Å². The van der Waals surface area contributed by atoms with Crippen LogP contribution < -0.4 is 0 Å². The number of carbonyl (C=O) groups is 1. The molecule has 16 heavy (non-hydrogen) atoms. The molecule has 0 atom stereocenters. The number of carbonyl (C=O) groups excluding carboxylic acids is 1. The molecule has 0 aliphatic carbocycles. The zero-order valence-corrected chi connectivity index (χ0v) is 11.1. The molecule has 0 aromatic rings. The summed E-state index contributed by atoms with van der Waals surface area (Å²) in [6.07, 6.45) is 4.85. The van der Waals surface area contributed by atoms with Gasteiger partial charge in [0.05, 0.1) is 12.7 Å². The van der Waals surface area contributed by atoms with Crippen LogP contribution in [0.4, 0.5) is 0 Å². The molecule has 0 saturated carbocycles. The molecule has 0 aliphatic heterocycles. The van der Waals surface area contributed by atoms with Gasteiger partial charge in [-0.3, -0.25) is 0 Å². The topological polar surface area (TPSA) is 35.5 Å². The van der Waals surface area contributed by atoms with Crippen LogP contribution in [-0.4, -0.2) is 25.3 Å². The minimum absolute atomic E-state index is 0.341. The fourth-order valence-electron chi connectivity index (χ4n) is 0.725. The van der Waals surface area contributed by atoms with E-state index in [1.54, 1.807) is 0 Å². The van der Waals surface area contributed by atoms with Crippen LogP contribution in [0.15, 0.2) is 12.7 Å². The molecule has 3 heteroatoms. The van der Waals surface area contributed by atoms with Gasteiger partial charge in [0, 0.05) is 12.7 Å². The van der Waals surface area contributed by atoms with E-state index in [1.165, 1.54) is 12.8 Å². The van der Waals surface area contributed by atoms with E-state index >= 15 is 0 Å². The summed E-state index contributed by atoms with van der Waals surface area (Å²) >= 11 is 0. The number of unbranched alkanes of at least 4 members (excludes halogenated alkanes) is 1. The Kier molecular flexibility index (Phi) is 15.6. The maximum atomic E-state index is 10.2. The molecule has 0 spiro atoms.